The topological polar surface area (TPSA) is 56.8 Å². The molecular weight excluding hydrogens is 316 g/mol. The van der Waals surface area contributed by atoms with Crippen LogP contribution in [0, 0.1) is 5.92 Å². The highest BCUT2D eigenvalue weighted by Gasteiger charge is 2.23. The minimum Gasteiger partial charge on any atom is -0.374 e. The number of hydrogen-bond donors (Lipinski definition) is 2. The average Bonchev–Trinajstić information content (AvgIpc) is 3.10. The molecule has 0 bridgehead atoms. The number of rotatable bonds is 7. The molecule has 6 heteroatoms. The first-order valence-electron chi connectivity index (χ1n) is 9.28. The van der Waals surface area contributed by atoms with Gasteiger partial charge < -0.3 is 25.2 Å². The smallest absolute Gasteiger partial charge is 0.233 e. The third kappa shape index (κ3) is 5.70. The second-order valence-corrected chi connectivity index (χ2v) is 7.13. The van der Waals surface area contributed by atoms with Gasteiger partial charge >= 0.3 is 0 Å². The molecule has 0 aromatic heterocycles. The van der Waals surface area contributed by atoms with Gasteiger partial charge in [0.05, 0.1) is 19.3 Å². The summed E-state index contributed by atoms with van der Waals surface area (Å²) in [5, 5.41) is 6.28. The summed E-state index contributed by atoms with van der Waals surface area (Å²) >= 11 is 0. The van der Waals surface area contributed by atoms with Gasteiger partial charge in [-0.2, -0.15) is 0 Å². The van der Waals surface area contributed by atoms with Crippen molar-refractivity contribution in [1.29, 1.82) is 0 Å². The number of carbonyl (C=O) groups is 1. The second kappa shape index (κ2) is 9.17. The lowest BCUT2D eigenvalue weighted by molar-refractivity contribution is -0.120. The molecule has 2 aliphatic rings. The number of amides is 1. The van der Waals surface area contributed by atoms with E-state index in [0.717, 1.165) is 52.3 Å². The summed E-state index contributed by atoms with van der Waals surface area (Å²) in [6.07, 6.45) is 1.31. The van der Waals surface area contributed by atoms with E-state index in [-0.39, 0.29) is 12.0 Å². The SMILES string of the molecule is CN1CCOC(CNCC(=O)NCC2CCN(c3ccccc3)C2)C1. The molecule has 3 rings (SSSR count). The summed E-state index contributed by atoms with van der Waals surface area (Å²) in [6.45, 7) is 6.60. The van der Waals surface area contributed by atoms with E-state index in [4.69, 9.17) is 4.74 Å². The first-order valence-corrected chi connectivity index (χ1v) is 9.28. The van der Waals surface area contributed by atoms with Crippen LogP contribution in [0.25, 0.3) is 0 Å². The zero-order valence-electron chi connectivity index (χ0n) is 15.1. The highest BCUT2D eigenvalue weighted by atomic mass is 16.5. The highest BCUT2D eigenvalue weighted by molar-refractivity contribution is 5.78. The summed E-state index contributed by atoms with van der Waals surface area (Å²) in [5.74, 6) is 0.599. The van der Waals surface area contributed by atoms with Gasteiger partial charge in [-0.05, 0) is 31.5 Å². The molecule has 0 saturated carbocycles. The molecule has 1 amide bonds. The van der Waals surface area contributed by atoms with Crippen LogP contribution < -0.4 is 15.5 Å². The molecule has 1 aromatic carbocycles. The Bertz CT molecular complexity index is 539. The van der Waals surface area contributed by atoms with Crippen LogP contribution in [-0.2, 0) is 9.53 Å². The maximum atomic E-state index is 12.0. The van der Waals surface area contributed by atoms with E-state index in [9.17, 15) is 4.79 Å². The fraction of sp³-hybridized carbons (Fsp3) is 0.632. The number of carbonyl (C=O) groups excluding carboxylic acids is 1. The van der Waals surface area contributed by atoms with E-state index < -0.39 is 0 Å². The fourth-order valence-electron chi connectivity index (χ4n) is 3.53. The van der Waals surface area contributed by atoms with Gasteiger partial charge in [-0.3, -0.25) is 4.79 Å². The van der Waals surface area contributed by atoms with Crippen molar-refractivity contribution in [3.05, 3.63) is 30.3 Å². The minimum atomic E-state index is 0.0716. The number of para-hydroxylation sites is 1. The zero-order chi connectivity index (χ0) is 17.5. The Kier molecular flexibility index (Phi) is 6.67. The van der Waals surface area contributed by atoms with Crippen LogP contribution in [0.2, 0.25) is 0 Å². The van der Waals surface area contributed by atoms with Crippen LogP contribution >= 0.6 is 0 Å². The summed E-state index contributed by atoms with van der Waals surface area (Å²) in [6, 6.07) is 10.5. The van der Waals surface area contributed by atoms with E-state index in [0.29, 0.717) is 12.5 Å². The molecule has 0 spiro atoms. The van der Waals surface area contributed by atoms with Crippen molar-refractivity contribution < 1.29 is 9.53 Å². The van der Waals surface area contributed by atoms with Gasteiger partial charge in [0.1, 0.15) is 0 Å². The van der Waals surface area contributed by atoms with Crippen LogP contribution in [0.1, 0.15) is 6.42 Å². The van der Waals surface area contributed by atoms with Crippen molar-refractivity contribution >= 4 is 11.6 Å². The number of hydrogen-bond acceptors (Lipinski definition) is 5. The summed E-state index contributed by atoms with van der Waals surface area (Å²) < 4.78 is 5.68. The van der Waals surface area contributed by atoms with Crippen molar-refractivity contribution in [3.63, 3.8) is 0 Å². The van der Waals surface area contributed by atoms with Crippen LogP contribution in [0.5, 0.6) is 0 Å². The predicted molar refractivity (Wildman–Crippen MR) is 99.9 cm³/mol. The summed E-state index contributed by atoms with van der Waals surface area (Å²) in [5.41, 5.74) is 1.27. The van der Waals surface area contributed by atoms with E-state index in [1.54, 1.807) is 0 Å². The van der Waals surface area contributed by atoms with Gasteiger partial charge in [-0.15, -0.1) is 0 Å². The third-order valence-corrected chi connectivity index (χ3v) is 4.99. The Labute approximate surface area is 150 Å². The Hall–Kier alpha value is -1.63. The van der Waals surface area contributed by atoms with Gasteiger partial charge in [0.15, 0.2) is 0 Å². The highest BCUT2D eigenvalue weighted by Crippen LogP contribution is 2.22. The zero-order valence-corrected chi connectivity index (χ0v) is 15.1. The van der Waals surface area contributed by atoms with E-state index in [1.165, 1.54) is 5.69 Å². The van der Waals surface area contributed by atoms with Crippen molar-refractivity contribution in [2.24, 2.45) is 5.92 Å². The van der Waals surface area contributed by atoms with Gasteiger partial charge in [0.25, 0.3) is 0 Å². The molecule has 2 fully saturated rings. The first-order chi connectivity index (χ1) is 12.2. The van der Waals surface area contributed by atoms with Gasteiger partial charge in [0.2, 0.25) is 5.91 Å². The van der Waals surface area contributed by atoms with Crippen molar-refractivity contribution in [1.82, 2.24) is 15.5 Å². The lowest BCUT2D eigenvalue weighted by Gasteiger charge is -2.30. The average molecular weight is 346 g/mol. The molecule has 1 aromatic rings. The predicted octanol–water partition coefficient (Wildman–Crippen LogP) is 0.549. The molecule has 2 aliphatic heterocycles. The number of nitrogens with zero attached hydrogens (tertiary/aromatic N) is 2. The minimum absolute atomic E-state index is 0.0716. The standard InChI is InChI=1S/C19H30N4O2/c1-22-9-10-25-18(15-22)12-20-13-19(24)21-11-16-7-8-23(14-16)17-5-3-2-4-6-17/h2-6,16,18,20H,7-15H2,1H3,(H,21,24). The third-order valence-electron chi connectivity index (χ3n) is 4.99. The van der Waals surface area contributed by atoms with Crippen LogP contribution in [0.4, 0.5) is 5.69 Å². The van der Waals surface area contributed by atoms with Crippen molar-refractivity contribution in [2.75, 3.05) is 64.4 Å². The first kappa shape index (κ1) is 18.2. The Balaban J connectivity index is 1.29. The normalized spacial score (nSPS) is 24.4. The van der Waals surface area contributed by atoms with Gasteiger partial charge in [-0.25, -0.2) is 0 Å². The van der Waals surface area contributed by atoms with Crippen LogP contribution in [0.3, 0.4) is 0 Å². The summed E-state index contributed by atoms with van der Waals surface area (Å²) in [4.78, 5) is 16.7. The van der Waals surface area contributed by atoms with Gasteiger partial charge in [0, 0.05) is 45.0 Å². The van der Waals surface area contributed by atoms with E-state index in [2.05, 4.69) is 51.7 Å². The van der Waals surface area contributed by atoms with Crippen LogP contribution in [-0.4, -0.2) is 76.4 Å². The number of benzene rings is 1. The molecular formula is C19H30N4O2. The largest absolute Gasteiger partial charge is 0.374 e. The van der Waals surface area contributed by atoms with Gasteiger partial charge in [-0.1, -0.05) is 18.2 Å². The Morgan fingerprint density at radius 3 is 2.84 bits per heavy atom. The lowest BCUT2D eigenvalue weighted by atomic mass is 10.1. The molecule has 138 valence electrons. The van der Waals surface area contributed by atoms with Crippen molar-refractivity contribution in [3.8, 4) is 0 Å². The molecule has 0 radical (unpaired) electrons. The second-order valence-electron chi connectivity index (χ2n) is 7.13. The Morgan fingerprint density at radius 1 is 1.20 bits per heavy atom. The van der Waals surface area contributed by atoms with Crippen molar-refractivity contribution in [2.45, 2.75) is 12.5 Å². The molecule has 25 heavy (non-hydrogen) atoms. The maximum absolute atomic E-state index is 12.0. The number of nitrogens with one attached hydrogen (secondary N) is 2. The molecule has 2 unspecified atom stereocenters. The van der Waals surface area contributed by atoms with Crippen LogP contribution in [0.15, 0.2) is 30.3 Å². The quantitative estimate of drug-likeness (QED) is 0.755. The number of morpholine rings is 1. The fourth-order valence-corrected chi connectivity index (χ4v) is 3.53. The number of likely N-dealkylation sites (N-methyl/N-ethyl adjacent to an activating group) is 1. The lowest BCUT2D eigenvalue weighted by Crippen LogP contribution is -2.46. The van der Waals surface area contributed by atoms with E-state index in [1.807, 2.05) is 6.07 Å². The molecule has 6 nitrogen and oxygen atoms in total. The molecule has 2 saturated heterocycles. The monoisotopic (exact) mass is 346 g/mol. The molecule has 2 N–H and O–H groups in total. The summed E-state index contributed by atoms with van der Waals surface area (Å²) in [7, 11) is 2.10. The number of anilines is 1. The van der Waals surface area contributed by atoms with E-state index >= 15 is 0 Å². The number of ether oxygens (including phenoxy) is 1. The molecule has 2 heterocycles. The maximum Gasteiger partial charge on any atom is 0.233 e. The molecule has 0 aliphatic carbocycles. The molecule has 2 atom stereocenters. The Morgan fingerprint density at radius 2 is 2.04 bits per heavy atom.